The van der Waals surface area contributed by atoms with Gasteiger partial charge in [0, 0.05) is 25.0 Å². The molecule has 2 rings (SSSR count). The summed E-state index contributed by atoms with van der Waals surface area (Å²) >= 11 is 0. The van der Waals surface area contributed by atoms with E-state index >= 15 is 0 Å². The molecule has 0 amide bonds. The van der Waals surface area contributed by atoms with Gasteiger partial charge in [0.25, 0.3) is 0 Å². The van der Waals surface area contributed by atoms with E-state index in [0.29, 0.717) is 17.9 Å². The Morgan fingerprint density at radius 3 is 2.69 bits per heavy atom. The van der Waals surface area contributed by atoms with Gasteiger partial charge in [0.15, 0.2) is 0 Å². The number of hydrogen-bond donors (Lipinski definition) is 1. The molecule has 2 aliphatic rings. The third kappa shape index (κ3) is 2.41. The van der Waals surface area contributed by atoms with E-state index in [9.17, 15) is 0 Å². The molecular formula is C13H26N2O. The molecule has 94 valence electrons. The molecule has 0 aromatic carbocycles. The summed E-state index contributed by atoms with van der Waals surface area (Å²) in [5.41, 5.74) is -0.0872. The summed E-state index contributed by atoms with van der Waals surface area (Å²) in [4.78, 5) is 2.55. The SMILES string of the molecule is CC1CNC(C)(C2CCN(C(C)C)C2)OC1. The highest BCUT2D eigenvalue weighted by Crippen LogP contribution is 2.31. The van der Waals surface area contributed by atoms with E-state index in [0.717, 1.165) is 13.2 Å². The molecule has 2 saturated heterocycles. The van der Waals surface area contributed by atoms with Crippen LogP contribution in [0.3, 0.4) is 0 Å². The van der Waals surface area contributed by atoms with Crippen LogP contribution in [0.2, 0.25) is 0 Å². The quantitative estimate of drug-likeness (QED) is 0.775. The Morgan fingerprint density at radius 2 is 2.19 bits per heavy atom. The zero-order chi connectivity index (χ0) is 11.8. The molecule has 3 nitrogen and oxygen atoms in total. The van der Waals surface area contributed by atoms with Crippen molar-refractivity contribution in [2.24, 2.45) is 11.8 Å². The van der Waals surface area contributed by atoms with E-state index < -0.39 is 0 Å². The van der Waals surface area contributed by atoms with Crippen LogP contribution in [0, 0.1) is 11.8 Å². The zero-order valence-electron chi connectivity index (χ0n) is 11.1. The zero-order valence-corrected chi connectivity index (χ0v) is 11.1. The number of nitrogens with zero attached hydrogens (tertiary/aromatic N) is 1. The van der Waals surface area contributed by atoms with Crippen LogP contribution in [0.4, 0.5) is 0 Å². The minimum absolute atomic E-state index is 0.0872. The molecule has 0 bridgehead atoms. The summed E-state index contributed by atoms with van der Waals surface area (Å²) in [7, 11) is 0. The number of rotatable bonds is 2. The van der Waals surface area contributed by atoms with E-state index in [1.807, 2.05) is 0 Å². The van der Waals surface area contributed by atoms with E-state index in [2.05, 4.69) is 37.9 Å². The van der Waals surface area contributed by atoms with Crippen molar-refractivity contribution in [3.63, 3.8) is 0 Å². The van der Waals surface area contributed by atoms with Crippen molar-refractivity contribution in [1.29, 1.82) is 0 Å². The van der Waals surface area contributed by atoms with Gasteiger partial charge in [-0.1, -0.05) is 6.92 Å². The summed E-state index contributed by atoms with van der Waals surface area (Å²) in [6, 6.07) is 0.663. The highest BCUT2D eigenvalue weighted by Gasteiger charge is 2.41. The summed E-state index contributed by atoms with van der Waals surface area (Å²) < 4.78 is 6.05. The van der Waals surface area contributed by atoms with Crippen LogP contribution in [0.15, 0.2) is 0 Å². The van der Waals surface area contributed by atoms with Crippen LogP contribution >= 0.6 is 0 Å². The van der Waals surface area contributed by atoms with E-state index in [4.69, 9.17) is 4.74 Å². The second-order valence-corrected chi connectivity index (χ2v) is 5.98. The third-order valence-corrected chi connectivity index (χ3v) is 4.20. The lowest BCUT2D eigenvalue weighted by Gasteiger charge is -2.42. The van der Waals surface area contributed by atoms with Crippen LogP contribution in [-0.2, 0) is 4.74 Å². The number of nitrogens with one attached hydrogen (secondary N) is 1. The van der Waals surface area contributed by atoms with Gasteiger partial charge in [-0.25, -0.2) is 0 Å². The first-order valence-corrected chi connectivity index (χ1v) is 6.64. The Hall–Kier alpha value is -0.120. The van der Waals surface area contributed by atoms with Crippen LogP contribution in [-0.4, -0.2) is 42.9 Å². The second kappa shape index (κ2) is 4.63. The Bertz CT molecular complexity index is 234. The monoisotopic (exact) mass is 226 g/mol. The largest absolute Gasteiger partial charge is 0.360 e. The van der Waals surface area contributed by atoms with Crippen LogP contribution in [0.25, 0.3) is 0 Å². The number of likely N-dealkylation sites (tertiary alicyclic amines) is 1. The molecule has 0 spiro atoms. The van der Waals surface area contributed by atoms with Crippen molar-refractivity contribution in [2.75, 3.05) is 26.2 Å². The molecule has 1 N–H and O–H groups in total. The summed E-state index contributed by atoms with van der Waals surface area (Å²) in [6.07, 6.45) is 1.26. The molecule has 3 atom stereocenters. The lowest BCUT2D eigenvalue weighted by atomic mass is 9.93. The van der Waals surface area contributed by atoms with Gasteiger partial charge in [-0.15, -0.1) is 0 Å². The van der Waals surface area contributed by atoms with Crippen molar-refractivity contribution >= 4 is 0 Å². The molecule has 0 saturated carbocycles. The minimum Gasteiger partial charge on any atom is -0.360 e. The molecule has 16 heavy (non-hydrogen) atoms. The van der Waals surface area contributed by atoms with Gasteiger partial charge in [0.2, 0.25) is 0 Å². The average molecular weight is 226 g/mol. The lowest BCUT2D eigenvalue weighted by molar-refractivity contribution is -0.133. The maximum atomic E-state index is 6.05. The molecule has 2 fully saturated rings. The summed E-state index contributed by atoms with van der Waals surface area (Å²) in [5.74, 6) is 1.29. The first-order valence-electron chi connectivity index (χ1n) is 6.64. The predicted octanol–water partition coefficient (Wildman–Crippen LogP) is 1.69. The highest BCUT2D eigenvalue weighted by molar-refractivity contribution is 4.92. The lowest BCUT2D eigenvalue weighted by Crippen LogP contribution is -2.57. The molecule has 0 aliphatic carbocycles. The predicted molar refractivity (Wildman–Crippen MR) is 66.3 cm³/mol. The minimum atomic E-state index is -0.0872. The van der Waals surface area contributed by atoms with Gasteiger partial charge in [0.1, 0.15) is 5.72 Å². The number of ether oxygens (including phenoxy) is 1. The fraction of sp³-hybridized carbons (Fsp3) is 1.00. The molecular weight excluding hydrogens is 200 g/mol. The Morgan fingerprint density at radius 1 is 1.44 bits per heavy atom. The van der Waals surface area contributed by atoms with Gasteiger partial charge < -0.3 is 9.64 Å². The first-order chi connectivity index (χ1) is 7.51. The molecule has 0 radical (unpaired) electrons. The third-order valence-electron chi connectivity index (χ3n) is 4.20. The number of hydrogen-bond acceptors (Lipinski definition) is 3. The smallest absolute Gasteiger partial charge is 0.120 e. The molecule has 2 aliphatic heterocycles. The maximum absolute atomic E-state index is 6.05. The van der Waals surface area contributed by atoms with Crippen LogP contribution in [0.1, 0.15) is 34.1 Å². The summed E-state index contributed by atoms with van der Waals surface area (Å²) in [5, 5.41) is 3.60. The average Bonchev–Trinajstić information content (AvgIpc) is 2.72. The fourth-order valence-corrected chi connectivity index (χ4v) is 2.77. The van der Waals surface area contributed by atoms with Crippen molar-refractivity contribution in [3.05, 3.63) is 0 Å². The van der Waals surface area contributed by atoms with Gasteiger partial charge in [0.05, 0.1) is 6.61 Å². The van der Waals surface area contributed by atoms with E-state index in [1.165, 1.54) is 19.5 Å². The molecule has 0 aromatic heterocycles. The topological polar surface area (TPSA) is 24.5 Å². The van der Waals surface area contributed by atoms with E-state index in [1.54, 1.807) is 0 Å². The fourth-order valence-electron chi connectivity index (χ4n) is 2.77. The Balaban J connectivity index is 1.93. The van der Waals surface area contributed by atoms with Gasteiger partial charge in [-0.3, -0.25) is 5.32 Å². The maximum Gasteiger partial charge on any atom is 0.120 e. The van der Waals surface area contributed by atoms with E-state index in [-0.39, 0.29) is 5.72 Å². The van der Waals surface area contributed by atoms with Crippen LogP contribution < -0.4 is 5.32 Å². The Kier molecular flexibility index (Phi) is 3.57. The van der Waals surface area contributed by atoms with Crippen LogP contribution in [0.5, 0.6) is 0 Å². The first kappa shape index (κ1) is 12.3. The molecule has 3 heteroatoms. The van der Waals surface area contributed by atoms with Crippen molar-refractivity contribution in [1.82, 2.24) is 10.2 Å². The Labute approximate surface area is 99.5 Å². The second-order valence-electron chi connectivity index (χ2n) is 5.98. The molecule has 3 unspecified atom stereocenters. The van der Waals surface area contributed by atoms with Crippen molar-refractivity contribution < 1.29 is 4.74 Å². The van der Waals surface area contributed by atoms with Gasteiger partial charge in [-0.2, -0.15) is 0 Å². The molecule has 0 aromatic rings. The van der Waals surface area contributed by atoms with Gasteiger partial charge in [-0.05, 0) is 39.7 Å². The standard InChI is InChI=1S/C13H26N2O/c1-10(2)15-6-5-12(8-15)13(4)14-7-11(3)9-16-13/h10-12,14H,5-9H2,1-4H3. The van der Waals surface area contributed by atoms with Gasteiger partial charge >= 0.3 is 0 Å². The normalized spacial score (nSPS) is 41.8. The van der Waals surface area contributed by atoms with Crippen molar-refractivity contribution in [3.8, 4) is 0 Å². The van der Waals surface area contributed by atoms with Crippen molar-refractivity contribution in [2.45, 2.75) is 45.9 Å². The summed E-state index contributed by atoms with van der Waals surface area (Å²) in [6.45, 7) is 13.4. The highest BCUT2D eigenvalue weighted by atomic mass is 16.5. The molecule has 2 heterocycles.